The highest BCUT2D eigenvalue weighted by Gasteiger charge is 2.37. The van der Waals surface area contributed by atoms with Gasteiger partial charge in [-0.2, -0.15) is 0 Å². The third-order valence-corrected chi connectivity index (χ3v) is 19.8. The molecule has 0 aliphatic heterocycles. The van der Waals surface area contributed by atoms with E-state index >= 15 is 0 Å². The van der Waals surface area contributed by atoms with E-state index in [1.807, 2.05) is 0 Å². The van der Waals surface area contributed by atoms with Gasteiger partial charge in [0.05, 0.1) is 101 Å². The third kappa shape index (κ3) is 8.91. The zero-order chi connectivity index (χ0) is 64.8. The maximum absolute atomic E-state index is 6.12. The smallest absolute Gasteiger partial charge is 0.160 e. The average Bonchev–Trinajstić information content (AvgIpc) is 1.43. The van der Waals surface area contributed by atoms with E-state index in [0.29, 0.717) is 5.82 Å². The van der Waals surface area contributed by atoms with Crippen LogP contribution in [0.15, 0.2) is 261 Å². The van der Waals surface area contributed by atoms with E-state index in [1.54, 1.807) is 0 Å². The second-order valence-corrected chi connectivity index (χ2v) is 26.6. The molecule has 18 aromatic rings. The Labute approximate surface area is 557 Å². The van der Waals surface area contributed by atoms with Crippen molar-refractivity contribution in [1.82, 2.24) is 33.2 Å². The summed E-state index contributed by atoms with van der Waals surface area (Å²) < 4.78 is 10.4. The van der Waals surface area contributed by atoms with Crippen LogP contribution in [0.2, 0.25) is 0 Å². The van der Waals surface area contributed by atoms with Crippen LogP contribution in [0, 0.1) is 55.4 Å². The van der Waals surface area contributed by atoms with E-state index in [0.717, 1.165) is 150 Å². The molecule has 7 heteroatoms. The van der Waals surface area contributed by atoms with Gasteiger partial charge in [0, 0.05) is 59.8 Å². The summed E-state index contributed by atoms with van der Waals surface area (Å²) in [4.78, 5) is 17.8. The van der Waals surface area contributed by atoms with Gasteiger partial charge in [0.2, 0.25) is 0 Å². The van der Waals surface area contributed by atoms with E-state index in [2.05, 4.69) is 335 Å². The first-order valence-corrected chi connectivity index (χ1v) is 33.2. The van der Waals surface area contributed by atoms with Crippen LogP contribution in [-0.4, -0.2) is 33.2 Å². The standard InChI is InChI=1S/C89H67N7/c1-52-27-35-75-63(43-52)64-44-53(2)28-36-76(64)93(75)85-83(72-26-18-25-71(90-72)60-19-12-9-13-20-60)86(94-77-37-29-54(3)45-65(77)66-46-55(4)30-38-78(66)94)88(96-81-41-33-58(7)49-69(81)70-50-59(8)34-42-82(70)96)87(95-79-39-31-56(5)47-67(79)68-48-57(6)32-40-80(68)95)84(85)74-51-73(61-21-14-10-15-22-61)91-89(92-74)62-23-16-11-17-24-62/h9-51H,1-8H3. The Morgan fingerprint density at radius 3 is 0.812 bits per heavy atom. The lowest BCUT2D eigenvalue weighted by molar-refractivity contribution is 1.03. The highest BCUT2D eigenvalue weighted by atomic mass is 15.1. The van der Waals surface area contributed by atoms with Crippen LogP contribution in [-0.2, 0) is 0 Å². The highest BCUT2D eigenvalue weighted by Crippen LogP contribution is 2.55. The van der Waals surface area contributed by atoms with Crippen molar-refractivity contribution in [2.75, 3.05) is 0 Å². The van der Waals surface area contributed by atoms with Gasteiger partial charge in [0.25, 0.3) is 0 Å². The van der Waals surface area contributed by atoms with Crippen LogP contribution in [0.1, 0.15) is 44.5 Å². The number of pyridine rings is 1. The van der Waals surface area contributed by atoms with Crippen molar-refractivity contribution >= 4 is 87.2 Å². The van der Waals surface area contributed by atoms with Gasteiger partial charge in [-0.05, 0) is 171 Å². The minimum atomic E-state index is 0.609. The molecule has 6 aromatic heterocycles. The van der Waals surface area contributed by atoms with Crippen LogP contribution in [0.25, 0.3) is 166 Å². The molecule has 458 valence electrons. The Bertz CT molecular complexity index is 5980. The fourth-order valence-corrected chi connectivity index (χ4v) is 15.4. The summed E-state index contributed by atoms with van der Waals surface area (Å²) in [5.74, 6) is 0.609. The first kappa shape index (κ1) is 56.8. The van der Waals surface area contributed by atoms with Crippen molar-refractivity contribution in [2.24, 2.45) is 0 Å². The Kier molecular flexibility index (Phi) is 12.9. The van der Waals surface area contributed by atoms with E-state index < -0.39 is 0 Å². The molecule has 0 aliphatic carbocycles. The van der Waals surface area contributed by atoms with E-state index in [1.165, 1.54) is 55.3 Å². The summed E-state index contributed by atoms with van der Waals surface area (Å²) in [6.07, 6.45) is 0. The quantitative estimate of drug-likeness (QED) is 0.145. The molecule has 18 rings (SSSR count). The molecule has 7 nitrogen and oxygen atoms in total. The molecule has 12 aromatic carbocycles. The number of fused-ring (bicyclic) bond motifs is 12. The van der Waals surface area contributed by atoms with Crippen molar-refractivity contribution < 1.29 is 0 Å². The number of hydrogen-bond acceptors (Lipinski definition) is 3. The average molecular weight is 1230 g/mol. The summed E-state index contributed by atoms with van der Waals surface area (Å²) in [7, 11) is 0. The van der Waals surface area contributed by atoms with Crippen LogP contribution in [0.4, 0.5) is 0 Å². The van der Waals surface area contributed by atoms with Gasteiger partial charge in [-0.25, -0.2) is 15.0 Å². The van der Waals surface area contributed by atoms with Gasteiger partial charge in [-0.15, -0.1) is 0 Å². The SMILES string of the molecule is Cc1ccc2c(c1)c1cc(C)ccc1n2-c1c(-c2cccc(-c3ccccc3)n2)c(-n2c3ccc(C)cc3c3cc(C)ccc32)c(-n2c3ccc(C)cc3c3cc(C)ccc32)c(-n2c3ccc(C)cc3c3cc(C)ccc32)c1-c1cc(-c2ccccc2)nc(-c2ccccc2)n1. The van der Waals surface area contributed by atoms with Crippen LogP contribution in [0.3, 0.4) is 0 Å². The Balaban J connectivity index is 1.23. The van der Waals surface area contributed by atoms with E-state index in [9.17, 15) is 0 Å². The van der Waals surface area contributed by atoms with Crippen molar-refractivity contribution in [1.29, 1.82) is 0 Å². The second-order valence-electron chi connectivity index (χ2n) is 26.6. The molecule has 6 heterocycles. The topological polar surface area (TPSA) is 58.4 Å². The summed E-state index contributed by atoms with van der Waals surface area (Å²) in [6.45, 7) is 17.7. The number of benzene rings is 12. The number of nitrogens with zero attached hydrogens (tertiary/aromatic N) is 7. The maximum atomic E-state index is 6.12. The normalized spacial score (nSPS) is 12.0. The van der Waals surface area contributed by atoms with Gasteiger partial charge in [-0.3, -0.25) is 0 Å². The van der Waals surface area contributed by atoms with Crippen molar-refractivity contribution in [2.45, 2.75) is 55.4 Å². The molecule has 0 saturated carbocycles. The monoisotopic (exact) mass is 1230 g/mol. The number of hydrogen-bond donors (Lipinski definition) is 0. The van der Waals surface area contributed by atoms with Crippen molar-refractivity contribution in [3.63, 3.8) is 0 Å². The van der Waals surface area contributed by atoms with E-state index in [4.69, 9.17) is 15.0 Å². The molecule has 0 fully saturated rings. The maximum Gasteiger partial charge on any atom is 0.160 e. The number of rotatable bonds is 9. The lowest BCUT2D eigenvalue weighted by Crippen LogP contribution is -2.17. The third-order valence-electron chi connectivity index (χ3n) is 19.8. The van der Waals surface area contributed by atoms with Gasteiger partial charge in [0.1, 0.15) is 0 Å². The summed E-state index contributed by atoms with van der Waals surface area (Å²) in [5, 5.41) is 9.28. The summed E-state index contributed by atoms with van der Waals surface area (Å²) >= 11 is 0. The zero-order valence-electron chi connectivity index (χ0n) is 55.0. The lowest BCUT2D eigenvalue weighted by Gasteiger charge is -2.31. The minimum absolute atomic E-state index is 0.609. The van der Waals surface area contributed by atoms with Crippen LogP contribution in [0.5, 0.6) is 0 Å². The predicted octanol–water partition coefficient (Wildman–Crippen LogP) is 23.1. The fourth-order valence-electron chi connectivity index (χ4n) is 15.4. The Morgan fingerprint density at radius 2 is 0.469 bits per heavy atom. The molecule has 0 spiro atoms. The number of aryl methyl sites for hydroxylation is 8. The van der Waals surface area contributed by atoms with Crippen molar-refractivity contribution in [3.05, 3.63) is 305 Å². The molecule has 0 radical (unpaired) electrons. The largest absolute Gasteiger partial charge is 0.308 e. The van der Waals surface area contributed by atoms with Crippen molar-refractivity contribution in [3.8, 4) is 79.2 Å². The fraction of sp³-hybridized carbons (Fsp3) is 0.0899. The summed E-state index contributed by atoms with van der Waals surface area (Å²) in [5.41, 5.74) is 29.6. The molecule has 0 saturated heterocycles. The molecule has 0 bridgehead atoms. The lowest BCUT2D eigenvalue weighted by atomic mass is 9.92. The molecular formula is C89H67N7. The second kappa shape index (κ2) is 21.8. The molecule has 0 unspecified atom stereocenters. The Hall–Kier alpha value is -11.9. The molecule has 96 heavy (non-hydrogen) atoms. The molecule has 0 N–H and O–H groups in total. The van der Waals surface area contributed by atoms with Crippen LogP contribution < -0.4 is 0 Å². The minimum Gasteiger partial charge on any atom is -0.308 e. The van der Waals surface area contributed by atoms with E-state index in [-0.39, 0.29) is 0 Å². The highest BCUT2D eigenvalue weighted by molar-refractivity contribution is 6.19. The van der Waals surface area contributed by atoms with Gasteiger partial charge >= 0.3 is 0 Å². The zero-order valence-corrected chi connectivity index (χ0v) is 55.0. The van der Waals surface area contributed by atoms with Crippen LogP contribution >= 0.6 is 0 Å². The van der Waals surface area contributed by atoms with Gasteiger partial charge < -0.3 is 18.3 Å². The van der Waals surface area contributed by atoms with Gasteiger partial charge in [0.15, 0.2) is 5.82 Å². The molecular weight excluding hydrogens is 1170 g/mol. The summed E-state index contributed by atoms with van der Waals surface area (Å²) in [6, 6.07) is 96.8. The Morgan fingerprint density at radius 1 is 0.198 bits per heavy atom. The molecule has 0 atom stereocenters. The molecule has 0 amide bonds. The molecule has 0 aliphatic rings. The predicted molar refractivity (Wildman–Crippen MR) is 402 cm³/mol. The number of aromatic nitrogens is 7. The first-order valence-electron chi connectivity index (χ1n) is 33.2. The van der Waals surface area contributed by atoms with Gasteiger partial charge in [-0.1, -0.05) is 190 Å². The first-order chi connectivity index (χ1) is 46.9.